The minimum absolute atomic E-state index is 0.0490. The number of oxime groups is 1. The van der Waals surface area contributed by atoms with Gasteiger partial charge in [0.15, 0.2) is 0 Å². The second-order valence-electron chi connectivity index (χ2n) is 5.58. The Morgan fingerprint density at radius 2 is 1.88 bits per heavy atom. The molecule has 1 rings (SSSR count). The van der Waals surface area contributed by atoms with Gasteiger partial charge in [0, 0.05) is 15.7 Å². The van der Waals surface area contributed by atoms with Crippen molar-refractivity contribution in [3.05, 3.63) is 9.93 Å². The first-order valence-electron chi connectivity index (χ1n) is 7.74. The molecule has 1 aliphatic rings. The smallest absolute Gasteiger partial charge is 0.389 e. The number of nitrogens with zero attached hydrogens (tertiary/aromatic N) is 2. The van der Waals surface area contributed by atoms with E-state index in [-0.39, 0.29) is 11.7 Å². The Hall–Kier alpha value is -1.30. The van der Waals surface area contributed by atoms with E-state index < -0.39 is 17.3 Å². The van der Waals surface area contributed by atoms with Gasteiger partial charge in [-0.15, -0.1) is 11.8 Å². The largest absolute Gasteiger partial charge is 0.399 e. The lowest BCUT2D eigenvalue weighted by Crippen LogP contribution is -2.36. The molecular formula is C15H23F3N2O3S. The SMILES string of the molecule is CCCC(C#N)(SCCC(F)(F)F)C1CCC(=NOC)CC1.O=O. The highest BCUT2D eigenvalue weighted by atomic mass is 32.2. The number of hydrogen-bond donors (Lipinski definition) is 0. The van der Waals surface area contributed by atoms with Gasteiger partial charge in [-0.25, -0.2) is 0 Å². The van der Waals surface area contributed by atoms with E-state index in [9.17, 15) is 18.4 Å². The van der Waals surface area contributed by atoms with Crippen molar-refractivity contribution in [1.29, 1.82) is 5.26 Å². The molecule has 0 heterocycles. The molecule has 0 aromatic carbocycles. The maximum Gasteiger partial charge on any atom is 0.389 e. The molecule has 0 saturated heterocycles. The van der Waals surface area contributed by atoms with E-state index in [1.54, 1.807) is 0 Å². The van der Waals surface area contributed by atoms with E-state index in [4.69, 9.17) is 14.8 Å². The van der Waals surface area contributed by atoms with Crippen molar-refractivity contribution in [2.75, 3.05) is 12.9 Å². The van der Waals surface area contributed by atoms with Crippen LogP contribution in [0.2, 0.25) is 0 Å². The monoisotopic (exact) mass is 368 g/mol. The summed E-state index contributed by atoms with van der Waals surface area (Å²) in [5, 5.41) is 13.6. The van der Waals surface area contributed by atoms with E-state index in [2.05, 4.69) is 11.2 Å². The number of alkyl halides is 3. The van der Waals surface area contributed by atoms with Crippen molar-refractivity contribution in [2.24, 2.45) is 11.1 Å². The fourth-order valence-corrected chi connectivity index (χ4v) is 4.51. The summed E-state index contributed by atoms with van der Waals surface area (Å²) in [5.74, 6) is 0.0681. The van der Waals surface area contributed by atoms with Gasteiger partial charge in [0.2, 0.25) is 0 Å². The normalized spacial score (nSPS) is 20.2. The lowest BCUT2D eigenvalue weighted by molar-refractivity contribution is -0.129. The van der Waals surface area contributed by atoms with Gasteiger partial charge < -0.3 is 4.84 Å². The molecule has 9 heteroatoms. The summed E-state index contributed by atoms with van der Waals surface area (Å²) in [7, 11) is 1.50. The quantitative estimate of drug-likeness (QED) is 0.591. The minimum atomic E-state index is -4.16. The molecule has 24 heavy (non-hydrogen) atoms. The molecule has 0 N–H and O–H groups in total. The van der Waals surface area contributed by atoms with Crippen molar-refractivity contribution in [1.82, 2.24) is 0 Å². The van der Waals surface area contributed by atoms with Crippen LogP contribution in [0.15, 0.2) is 5.16 Å². The third-order valence-electron chi connectivity index (χ3n) is 4.00. The summed E-state index contributed by atoms with van der Waals surface area (Å²) >= 11 is 1.19. The number of thioether (sulfide) groups is 1. The summed E-state index contributed by atoms with van der Waals surface area (Å²) in [6.07, 6.45) is -0.491. The molecule has 1 unspecified atom stereocenters. The predicted molar refractivity (Wildman–Crippen MR) is 89.5 cm³/mol. The molecule has 5 nitrogen and oxygen atoms in total. The van der Waals surface area contributed by atoms with Gasteiger partial charge in [-0.3, -0.25) is 0 Å². The van der Waals surface area contributed by atoms with Crippen LogP contribution in [0.5, 0.6) is 0 Å². The molecule has 138 valence electrons. The zero-order valence-corrected chi connectivity index (χ0v) is 14.7. The van der Waals surface area contributed by atoms with Crippen LogP contribution < -0.4 is 0 Å². The molecule has 0 radical (unpaired) electrons. The average molecular weight is 368 g/mol. The first-order chi connectivity index (χ1) is 11.4. The molecule has 0 bridgehead atoms. The number of hydrogen-bond acceptors (Lipinski definition) is 6. The molecule has 0 spiro atoms. The van der Waals surface area contributed by atoms with Gasteiger partial charge in [0.25, 0.3) is 0 Å². The number of halogens is 3. The molecule has 1 fully saturated rings. The Kier molecular flexibility index (Phi) is 10.7. The summed E-state index contributed by atoms with van der Waals surface area (Å²) in [4.78, 5) is 18.8. The summed E-state index contributed by atoms with van der Waals surface area (Å²) in [5.41, 5.74) is 0.974. The Morgan fingerprint density at radius 3 is 2.29 bits per heavy atom. The zero-order chi connectivity index (χ0) is 18.6. The van der Waals surface area contributed by atoms with Crippen LogP contribution in [0.4, 0.5) is 13.2 Å². The Labute approximate surface area is 144 Å². The van der Waals surface area contributed by atoms with Gasteiger partial charge in [0.05, 0.1) is 18.2 Å². The summed E-state index contributed by atoms with van der Waals surface area (Å²) in [6, 6.07) is 2.34. The van der Waals surface area contributed by atoms with Crippen LogP contribution >= 0.6 is 11.8 Å². The van der Waals surface area contributed by atoms with E-state index in [1.165, 1.54) is 18.9 Å². The Morgan fingerprint density at radius 1 is 1.29 bits per heavy atom. The van der Waals surface area contributed by atoms with Crippen LogP contribution in [-0.2, 0) is 4.84 Å². The Bertz CT molecular complexity index is 431. The highest BCUT2D eigenvalue weighted by molar-refractivity contribution is 8.00. The molecule has 1 saturated carbocycles. The van der Waals surface area contributed by atoms with Gasteiger partial charge >= 0.3 is 6.18 Å². The molecule has 1 atom stereocenters. The van der Waals surface area contributed by atoms with Crippen LogP contribution in [-0.4, -0.2) is 29.5 Å². The molecule has 0 aliphatic heterocycles. The third-order valence-corrected chi connectivity index (χ3v) is 5.55. The second kappa shape index (κ2) is 11.3. The lowest BCUT2D eigenvalue weighted by atomic mass is 9.77. The van der Waals surface area contributed by atoms with Gasteiger partial charge in [-0.1, -0.05) is 18.5 Å². The maximum atomic E-state index is 12.4. The van der Waals surface area contributed by atoms with Crippen LogP contribution in [0.1, 0.15) is 51.9 Å². The topological polar surface area (TPSA) is 79.5 Å². The van der Waals surface area contributed by atoms with Crippen LogP contribution in [0.25, 0.3) is 0 Å². The van der Waals surface area contributed by atoms with E-state index >= 15 is 0 Å². The minimum Gasteiger partial charge on any atom is -0.399 e. The van der Waals surface area contributed by atoms with Gasteiger partial charge in [-0.05, 0) is 38.0 Å². The summed E-state index contributed by atoms with van der Waals surface area (Å²) < 4.78 is 36.4. The van der Waals surface area contributed by atoms with Crippen LogP contribution in [0, 0.1) is 27.2 Å². The molecule has 0 aromatic rings. The molecular weight excluding hydrogens is 345 g/mol. The predicted octanol–water partition coefficient (Wildman–Crippen LogP) is 4.99. The zero-order valence-electron chi connectivity index (χ0n) is 13.9. The number of rotatable bonds is 7. The maximum absolute atomic E-state index is 12.4. The fraction of sp³-hybridized carbons (Fsp3) is 0.867. The first-order valence-corrected chi connectivity index (χ1v) is 8.73. The van der Waals surface area contributed by atoms with E-state index in [0.29, 0.717) is 6.42 Å². The highest BCUT2D eigenvalue weighted by Crippen LogP contribution is 2.44. The van der Waals surface area contributed by atoms with Gasteiger partial charge in [-0.2, -0.15) is 18.4 Å². The molecule has 0 aromatic heterocycles. The number of nitriles is 1. The van der Waals surface area contributed by atoms with Crippen molar-refractivity contribution in [3.63, 3.8) is 0 Å². The standard InChI is InChI=1S/C15H23F3N2OS.O2/c1-3-8-14(11-19,22-10-9-15(16,17)18)12-4-6-13(7-5-12)20-21-2;1-2/h12H,3-10H2,1-2H3;. The van der Waals surface area contributed by atoms with E-state index in [0.717, 1.165) is 37.8 Å². The van der Waals surface area contributed by atoms with Crippen molar-refractivity contribution in [2.45, 2.75) is 62.8 Å². The Balaban J connectivity index is 0.00000254. The average Bonchev–Trinajstić information content (AvgIpc) is 2.56. The van der Waals surface area contributed by atoms with Crippen molar-refractivity contribution >= 4 is 17.5 Å². The van der Waals surface area contributed by atoms with E-state index in [1.807, 2.05) is 6.92 Å². The molecule has 0 amide bonds. The first kappa shape index (κ1) is 22.7. The fourth-order valence-electron chi connectivity index (χ4n) is 2.93. The second-order valence-corrected chi connectivity index (χ2v) is 7.00. The molecule has 1 aliphatic carbocycles. The summed E-state index contributed by atoms with van der Waals surface area (Å²) in [6.45, 7) is 1.97. The highest BCUT2D eigenvalue weighted by Gasteiger charge is 2.41. The van der Waals surface area contributed by atoms with Gasteiger partial charge in [0.1, 0.15) is 11.9 Å². The lowest BCUT2D eigenvalue weighted by Gasteiger charge is -2.37. The van der Waals surface area contributed by atoms with Crippen LogP contribution in [0.3, 0.4) is 0 Å². The third kappa shape index (κ3) is 7.51. The van der Waals surface area contributed by atoms with Crippen molar-refractivity contribution < 1.29 is 18.0 Å². The van der Waals surface area contributed by atoms with Crippen molar-refractivity contribution in [3.8, 4) is 6.07 Å².